The summed E-state index contributed by atoms with van der Waals surface area (Å²) >= 11 is 0. The third kappa shape index (κ3) is 5.50. The number of hydrogen-bond acceptors (Lipinski definition) is 4. The molecule has 4 nitrogen and oxygen atoms in total. The number of hydrogen-bond donors (Lipinski definition) is 1. The van der Waals surface area contributed by atoms with E-state index in [1.165, 1.54) is 20.0 Å². The lowest BCUT2D eigenvalue weighted by Crippen LogP contribution is -2.41. The molecule has 1 saturated heterocycles. The Kier molecular flexibility index (Phi) is 6.52. The Morgan fingerprint density at radius 1 is 1.53 bits per heavy atom. The molecule has 4 heteroatoms. The average molecular weight is 242 g/mol. The van der Waals surface area contributed by atoms with Crippen molar-refractivity contribution in [2.75, 3.05) is 26.7 Å². The van der Waals surface area contributed by atoms with Gasteiger partial charge in [0.1, 0.15) is 0 Å². The van der Waals surface area contributed by atoms with Crippen LogP contribution in [0.15, 0.2) is 0 Å². The number of nitrogens with one attached hydrogen (secondary N) is 1. The number of rotatable bonds is 7. The van der Waals surface area contributed by atoms with E-state index in [1.807, 2.05) is 0 Å². The molecule has 100 valence electrons. The summed E-state index contributed by atoms with van der Waals surface area (Å²) in [5.74, 6) is -0.104. The molecule has 1 heterocycles. The first-order valence-electron chi connectivity index (χ1n) is 6.67. The second-order valence-corrected chi connectivity index (χ2v) is 5.06. The van der Waals surface area contributed by atoms with Crippen LogP contribution in [0.2, 0.25) is 0 Å². The summed E-state index contributed by atoms with van der Waals surface area (Å²) in [7, 11) is 1.45. The minimum atomic E-state index is -0.104. The monoisotopic (exact) mass is 242 g/mol. The Labute approximate surface area is 105 Å². The summed E-state index contributed by atoms with van der Waals surface area (Å²) in [5.41, 5.74) is 0. The van der Waals surface area contributed by atoms with Crippen LogP contribution in [0.4, 0.5) is 0 Å². The lowest BCUT2D eigenvalue weighted by atomic mass is 10.1. The molecule has 1 fully saturated rings. The number of nitrogens with zero attached hydrogens (tertiary/aromatic N) is 1. The normalized spacial score (nSPS) is 20.2. The lowest BCUT2D eigenvalue weighted by Gasteiger charge is -2.29. The summed E-state index contributed by atoms with van der Waals surface area (Å²) in [6, 6.07) is 1.17. The maximum Gasteiger partial charge on any atom is 0.305 e. The van der Waals surface area contributed by atoms with Crippen molar-refractivity contribution in [1.82, 2.24) is 10.2 Å². The number of ether oxygens (including phenoxy) is 1. The first-order chi connectivity index (χ1) is 8.13. The minimum Gasteiger partial charge on any atom is -0.469 e. The molecule has 0 aliphatic carbocycles. The Balaban J connectivity index is 2.25. The van der Waals surface area contributed by atoms with E-state index < -0.39 is 0 Å². The topological polar surface area (TPSA) is 41.6 Å². The van der Waals surface area contributed by atoms with Crippen molar-refractivity contribution in [1.29, 1.82) is 0 Å². The lowest BCUT2D eigenvalue weighted by molar-refractivity contribution is -0.140. The summed E-state index contributed by atoms with van der Waals surface area (Å²) in [6.07, 6.45) is 3.98. The van der Waals surface area contributed by atoms with Gasteiger partial charge in [0.25, 0.3) is 0 Å². The van der Waals surface area contributed by atoms with E-state index in [2.05, 4.69) is 28.8 Å². The van der Waals surface area contributed by atoms with Gasteiger partial charge in [-0.15, -0.1) is 0 Å². The molecule has 0 aromatic heterocycles. The van der Waals surface area contributed by atoms with Gasteiger partial charge in [-0.3, -0.25) is 9.69 Å². The van der Waals surface area contributed by atoms with Gasteiger partial charge >= 0.3 is 5.97 Å². The molecule has 1 N–H and O–H groups in total. The van der Waals surface area contributed by atoms with Gasteiger partial charge in [0.2, 0.25) is 0 Å². The molecule has 1 unspecified atom stereocenters. The highest BCUT2D eigenvalue weighted by Gasteiger charge is 2.19. The third-order valence-electron chi connectivity index (χ3n) is 3.40. The first kappa shape index (κ1) is 14.5. The average Bonchev–Trinajstić information content (AvgIpc) is 2.80. The van der Waals surface area contributed by atoms with Crippen LogP contribution in [0.5, 0.6) is 0 Å². The first-order valence-corrected chi connectivity index (χ1v) is 6.67. The van der Waals surface area contributed by atoms with Crippen LogP contribution in [-0.4, -0.2) is 49.7 Å². The molecule has 0 amide bonds. The van der Waals surface area contributed by atoms with Crippen LogP contribution in [0.3, 0.4) is 0 Å². The van der Waals surface area contributed by atoms with Gasteiger partial charge < -0.3 is 10.1 Å². The minimum absolute atomic E-state index is 0.104. The second-order valence-electron chi connectivity index (χ2n) is 5.06. The zero-order chi connectivity index (χ0) is 12.7. The van der Waals surface area contributed by atoms with Crippen LogP contribution < -0.4 is 5.32 Å². The number of methoxy groups -OCH3 is 1. The van der Waals surface area contributed by atoms with Crippen molar-refractivity contribution >= 4 is 5.97 Å². The molecular weight excluding hydrogens is 216 g/mol. The third-order valence-corrected chi connectivity index (χ3v) is 3.40. The van der Waals surface area contributed by atoms with E-state index in [0.717, 1.165) is 26.1 Å². The highest BCUT2D eigenvalue weighted by atomic mass is 16.5. The molecular formula is C13H26N2O2. The number of carbonyl (C=O) groups is 1. The van der Waals surface area contributed by atoms with Crippen LogP contribution in [0, 0.1) is 0 Å². The fourth-order valence-electron chi connectivity index (χ4n) is 2.28. The smallest absolute Gasteiger partial charge is 0.305 e. The van der Waals surface area contributed by atoms with Crippen molar-refractivity contribution in [3.8, 4) is 0 Å². The predicted octanol–water partition coefficient (Wildman–Crippen LogP) is 1.40. The highest BCUT2D eigenvalue weighted by Crippen LogP contribution is 2.10. The van der Waals surface area contributed by atoms with Gasteiger partial charge in [-0.05, 0) is 46.2 Å². The van der Waals surface area contributed by atoms with E-state index in [1.54, 1.807) is 0 Å². The van der Waals surface area contributed by atoms with Crippen molar-refractivity contribution in [2.24, 2.45) is 0 Å². The van der Waals surface area contributed by atoms with E-state index >= 15 is 0 Å². The Bertz CT molecular complexity index is 225. The van der Waals surface area contributed by atoms with E-state index in [-0.39, 0.29) is 5.97 Å². The van der Waals surface area contributed by atoms with Crippen molar-refractivity contribution in [3.05, 3.63) is 0 Å². The predicted molar refractivity (Wildman–Crippen MR) is 69.0 cm³/mol. The summed E-state index contributed by atoms with van der Waals surface area (Å²) in [6.45, 7) is 7.66. The summed E-state index contributed by atoms with van der Waals surface area (Å²) in [4.78, 5) is 13.5. The molecule has 0 spiro atoms. The molecule has 0 bridgehead atoms. The van der Waals surface area contributed by atoms with Gasteiger partial charge in [0, 0.05) is 25.0 Å². The fourth-order valence-corrected chi connectivity index (χ4v) is 2.28. The zero-order valence-corrected chi connectivity index (χ0v) is 11.4. The fraction of sp³-hybridized carbons (Fsp3) is 0.923. The molecule has 0 radical (unpaired) electrons. The molecule has 1 rings (SSSR count). The SMILES string of the molecule is COC(=O)CCCN(CC1CCCN1)C(C)C. The Morgan fingerprint density at radius 2 is 2.29 bits per heavy atom. The standard InChI is InChI=1S/C13H26N2O2/c1-11(2)15(9-5-7-13(16)17-3)10-12-6-4-8-14-12/h11-12,14H,4-10H2,1-3H3. The van der Waals surface area contributed by atoms with E-state index in [4.69, 9.17) is 0 Å². The van der Waals surface area contributed by atoms with Crippen molar-refractivity contribution in [2.45, 2.75) is 51.6 Å². The van der Waals surface area contributed by atoms with E-state index in [0.29, 0.717) is 18.5 Å². The second kappa shape index (κ2) is 7.67. The molecule has 1 atom stereocenters. The molecule has 0 aromatic rings. The van der Waals surface area contributed by atoms with Crippen LogP contribution in [-0.2, 0) is 9.53 Å². The van der Waals surface area contributed by atoms with Crippen molar-refractivity contribution < 1.29 is 9.53 Å². The van der Waals surface area contributed by atoms with Gasteiger partial charge in [-0.1, -0.05) is 0 Å². The largest absolute Gasteiger partial charge is 0.469 e. The molecule has 0 aromatic carbocycles. The maximum atomic E-state index is 11.1. The number of esters is 1. The summed E-state index contributed by atoms with van der Waals surface area (Å²) < 4.78 is 4.66. The van der Waals surface area contributed by atoms with E-state index in [9.17, 15) is 4.79 Å². The van der Waals surface area contributed by atoms with Crippen LogP contribution in [0.25, 0.3) is 0 Å². The van der Waals surface area contributed by atoms with Gasteiger partial charge in [0.05, 0.1) is 7.11 Å². The Morgan fingerprint density at radius 3 is 2.82 bits per heavy atom. The van der Waals surface area contributed by atoms with Crippen LogP contribution >= 0.6 is 0 Å². The zero-order valence-electron chi connectivity index (χ0n) is 11.4. The highest BCUT2D eigenvalue weighted by molar-refractivity contribution is 5.69. The molecule has 0 saturated carbocycles. The Hall–Kier alpha value is -0.610. The number of carbonyl (C=O) groups excluding carboxylic acids is 1. The van der Waals surface area contributed by atoms with Crippen LogP contribution in [0.1, 0.15) is 39.5 Å². The molecule has 1 aliphatic rings. The molecule has 1 aliphatic heterocycles. The van der Waals surface area contributed by atoms with Gasteiger partial charge in [-0.2, -0.15) is 0 Å². The van der Waals surface area contributed by atoms with Gasteiger partial charge in [-0.25, -0.2) is 0 Å². The van der Waals surface area contributed by atoms with Crippen molar-refractivity contribution in [3.63, 3.8) is 0 Å². The quantitative estimate of drug-likeness (QED) is 0.685. The maximum absolute atomic E-state index is 11.1. The summed E-state index contributed by atoms with van der Waals surface area (Å²) in [5, 5.41) is 3.52. The molecule has 17 heavy (non-hydrogen) atoms. The van der Waals surface area contributed by atoms with Gasteiger partial charge in [0.15, 0.2) is 0 Å².